The van der Waals surface area contributed by atoms with Crippen molar-refractivity contribution in [1.29, 1.82) is 0 Å². The van der Waals surface area contributed by atoms with Crippen LogP contribution in [0.5, 0.6) is 0 Å². The van der Waals surface area contributed by atoms with E-state index in [4.69, 9.17) is 26.4 Å². The molecule has 0 aliphatic carbocycles. The molecule has 198 valence electrons. The maximum absolute atomic E-state index is 15.1. The summed E-state index contributed by atoms with van der Waals surface area (Å²) >= 11 is 4.92. The Morgan fingerprint density at radius 1 is 1.31 bits per heavy atom. The number of nitrogens with zero attached hydrogens (tertiary/aromatic N) is 4. The van der Waals surface area contributed by atoms with Gasteiger partial charge in [0.1, 0.15) is 23.8 Å². The zero-order valence-corrected chi connectivity index (χ0v) is 21.7. The van der Waals surface area contributed by atoms with Crippen molar-refractivity contribution in [3.05, 3.63) is 24.0 Å². The summed E-state index contributed by atoms with van der Waals surface area (Å²) in [6.07, 6.45) is -0.984. The molecule has 11 nitrogen and oxygen atoms in total. The molecule has 36 heavy (non-hydrogen) atoms. The Kier molecular flexibility index (Phi) is 8.90. The Bertz CT molecular complexity index is 982. The lowest BCUT2D eigenvalue weighted by Gasteiger charge is -2.41. The van der Waals surface area contributed by atoms with E-state index in [1.165, 1.54) is 23.1 Å². The summed E-state index contributed by atoms with van der Waals surface area (Å²) in [7, 11) is 1.44. The van der Waals surface area contributed by atoms with E-state index in [2.05, 4.69) is 5.32 Å². The van der Waals surface area contributed by atoms with E-state index >= 15 is 4.39 Å². The molecule has 0 bridgehead atoms. The molecule has 0 radical (unpaired) electrons. The summed E-state index contributed by atoms with van der Waals surface area (Å²) in [5.41, 5.74) is 0.0764. The number of benzene rings is 1. The zero-order valence-electron chi connectivity index (χ0n) is 20.9. The monoisotopic (exact) mass is 525 g/mol. The highest BCUT2D eigenvalue weighted by Gasteiger charge is 2.34. The van der Waals surface area contributed by atoms with Gasteiger partial charge in [-0.25, -0.2) is 24.0 Å². The topological polar surface area (TPSA) is 104 Å². The highest BCUT2D eigenvalue weighted by Crippen LogP contribution is 2.29. The predicted octanol–water partition coefficient (Wildman–Crippen LogP) is 2.14. The van der Waals surface area contributed by atoms with Crippen LogP contribution in [0, 0.1) is 5.82 Å². The minimum absolute atomic E-state index is 0.127. The SMILES string of the molecule is COC(=S)NCC1CN(c2ccc(N3CCN(N(CC=O)C(=O)OC(C)(C)C)CC3)c(F)c2)C(=O)O1. The average molecular weight is 526 g/mol. The summed E-state index contributed by atoms with van der Waals surface area (Å²) in [5, 5.41) is 6.04. The van der Waals surface area contributed by atoms with Crippen LogP contribution in [0.4, 0.5) is 25.4 Å². The van der Waals surface area contributed by atoms with E-state index in [0.29, 0.717) is 43.8 Å². The normalized spacial score (nSPS) is 18.5. The standard InChI is InChI=1S/C23H32FN5O6S/c1-23(2,3)35-22(32)29(11-12-30)27-9-7-26(8-10-27)19-6-5-16(13-18(19)24)28-15-17(34-21(28)31)14-25-20(36)33-4/h5-6,12-13,17H,7-11,14-15H2,1-4H3,(H,25,36). The number of piperazine rings is 1. The molecule has 0 saturated carbocycles. The van der Waals surface area contributed by atoms with E-state index in [0.717, 1.165) is 0 Å². The number of carbonyl (C=O) groups excluding carboxylic acids is 3. The molecule has 13 heteroatoms. The van der Waals surface area contributed by atoms with Gasteiger partial charge in [0.25, 0.3) is 5.17 Å². The van der Waals surface area contributed by atoms with Crippen molar-refractivity contribution in [3.63, 3.8) is 0 Å². The molecule has 2 fully saturated rings. The first-order valence-corrected chi connectivity index (χ1v) is 12.0. The molecule has 1 N–H and O–H groups in total. The van der Waals surface area contributed by atoms with Crippen LogP contribution >= 0.6 is 12.2 Å². The van der Waals surface area contributed by atoms with E-state index in [9.17, 15) is 14.4 Å². The Morgan fingerprint density at radius 2 is 2.00 bits per heavy atom. The fourth-order valence-electron chi connectivity index (χ4n) is 3.90. The predicted molar refractivity (Wildman–Crippen MR) is 134 cm³/mol. The van der Waals surface area contributed by atoms with Gasteiger partial charge in [-0.15, -0.1) is 0 Å². The Labute approximate surface area is 215 Å². The number of nitrogens with one attached hydrogen (secondary N) is 1. The molecule has 3 rings (SSSR count). The van der Waals surface area contributed by atoms with Crippen molar-refractivity contribution in [2.45, 2.75) is 32.5 Å². The maximum Gasteiger partial charge on any atom is 0.425 e. The van der Waals surface area contributed by atoms with Gasteiger partial charge >= 0.3 is 12.2 Å². The van der Waals surface area contributed by atoms with Crippen molar-refractivity contribution in [2.75, 3.05) is 62.7 Å². The lowest BCUT2D eigenvalue weighted by atomic mass is 10.2. The minimum Gasteiger partial charge on any atom is -0.474 e. The van der Waals surface area contributed by atoms with E-state index in [1.807, 2.05) is 4.90 Å². The summed E-state index contributed by atoms with van der Waals surface area (Å²) in [6, 6.07) is 4.59. The number of thiocarbonyl (C=S) groups is 1. The summed E-state index contributed by atoms with van der Waals surface area (Å²) < 4.78 is 30.7. The van der Waals surface area contributed by atoms with Gasteiger partial charge < -0.3 is 29.2 Å². The number of halogens is 1. The molecule has 2 heterocycles. The number of aldehydes is 1. The minimum atomic E-state index is -0.695. The van der Waals surface area contributed by atoms with Gasteiger partial charge in [-0.3, -0.25) is 4.90 Å². The molecule has 1 aromatic carbocycles. The summed E-state index contributed by atoms with van der Waals surface area (Å²) in [5.74, 6) is -0.479. The summed E-state index contributed by atoms with van der Waals surface area (Å²) in [6.45, 7) is 7.29. The van der Waals surface area contributed by atoms with E-state index in [1.54, 1.807) is 37.9 Å². The van der Waals surface area contributed by atoms with Crippen LogP contribution in [-0.4, -0.2) is 98.3 Å². The van der Waals surface area contributed by atoms with Crippen molar-refractivity contribution in [3.8, 4) is 0 Å². The quantitative estimate of drug-likeness (QED) is 0.421. The second-order valence-corrected chi connectivity index (χ2v) is 9.67. The largest absolute Gasteiger partial charge is 0.474 e. The van der Waals surface area contributed by atoms with Crippen LogP contribution in [0.3, 0.4) is 0 Å². The Morgan fingerprint density at radius 3 is 2.58 bits per heavy atom. The lowest BCUT2D eigenvalue weighted by molar-refractivity contribution is -0.114. The highest BCUT2D eigenvalue weighted by atomic mass is 32.1. The number of hydrogen-bond acceptors (Lipinski definition) is 9. The van der Waals surface area contributed by atoms with Crippen molar-refractivity contribution in [2.24, 2.45) is 0 Å². The molecule has 2 aliphatic heterocycles. The molecular weight excluding hydrogens is 493 g/mol. The van der Waals surface area contributed by atoms with Crippen LogP contribution in [0.1, 0.15) is 20.8 Å². The molecule has 1 unspecified atom stereocenters. The average Bonchev–Trinajstić information content (AvgIpc) is 3.20. The molecular formula is C23H32FN5O6S. The third kappa shape index (κ3) is 6.94. The number of hydrogen-bond donors (Lipinski definition) is 1. The number of hydrazine groups is 1. The molecule has 2 aliphatic rings. The smallest absolute Gasteiger partial charge is 0.425 e. The second-order valence-electron chi connectivity index (χ2n) is 9.29. The number of methoxy groups -OCH3 is 1. The van der Waals surface area contributed by atoms with Crippen molar-refractivity contribution < 1.29 is 33.0 Å². The molecule has 2 amide bonds. The molecule has 0 aromatic heterocycles. The molecule has 1 atom stereocenters. The Balaban J connectivity index is 1.61. The summed E-state index contributed by atoms with van der Waals surface area (Å²) in [4.78, 5) is 39.2. The van der Waals surface area contributed by atoms with Crippen LogP contribution in [0.2, 0.25) is 0 Å². The number of anilines is 2. The fraction of sp³-hybridized carbons (Fsp3) is 0.565. The second kappa shape index (κ2) is 11.7. The third-order valence-electron chi connectivity index (χ3n) is 5.57. The van der Waals surface area contributed by atoms with Crippen LogP contribution in [0.15, 0.2) is 18.2 Å². The van der Waals surface area contributed by atoms with E-state index < -0.39 is 29.7 Å². The van der Waals surface area contributed by atoms with Gasteiger partial charge in [0.15, 0.2) is 0 Å². The molecule has 2 saturated heterocycles. The van der Waals surface area contributed by atoms with Gasteiger partial charge in [-0.05, 0) is 51.2 Å². The lowest BCUT2D eigenvalue weighted by Crippen LogP contribution is -2.57. The number of amides is 2. The van der Waals surface area contributed by atoms with Gasteiger partial charge in [-0.1, -0.05) is 0 Å². The van der Waals surface area contributed by atoms with Crippen molar-refractivity contribution in [1.82, 2.24) is 15.3 Å². The van der Waals surface area contributed by atoms with Gasteiger partial charge in [-0.2, -0.15) is 0 Å². The number of rotatable bonds is 7. The van der Waals surface area contributed by atoms with Crippen LogP contribution in [-0.2, 0) is 19.0 Å². The highest BCUT2D eigenvalue weighted by molar-refractivity contribution is 7.80. The fourth-order valence-corrected chi connectivity index (χ4v) is 3.98. The van der Waals surface area contributed by atoms with Crippen LogP contribution in [0.25, 0.3) is 0 Å². The van der Waals surface area contributed by atoms with Gasteiger partial charge in [0, 0.05) is 26.2 Å². The van der Waals surface area contributed by atoms with Gasteiger partial charge in [0.2, 0.25) is 0 Å². The van der Waals surface area contributed by atoms with Crippen LogP contribution < -0.4 is 15.1 Å². The van der Waals surface area contributed by atoms with E-state index in [-0.39, 0.29) is 24.8 Å². The number of ether oxygens (including phenoxy) is 3. The number of cyclic esters (lactones) is 1. The first-order valence-electron chi connectivity index (χ1n) is 11.6. The number of carbonyl (C=O) groups is 3. The zero-order chi connectivity index (χ0) is 26.5. The first kappa shape index (κ1) is 27.4. The van der Waals surface area contributed by atoms with Crippen molar-refractivity contribution >= 4 is 47.2 Å². The van der Waals surface area contributed by atoms with Gasteiger partial charge in [0.05, 0.1) is 38.1 Å². The Hall–Kier alpha value is -3.19. The third-order valence-corrected chi connectivity index (χ3v) is 5.88. The molecule has 1 aromatic rings. The molecule has 0 spiro atoms. The maximum atomic E-state index is 15.1. The first-order chi connectivity index (χ1) is 17.0.